The van der Waals surface area contributed by atoms with Gasteiger partial charge < -0.3 is 4.90 Å². The third-order valence-electron chi connectivity index (χ3n) is 3.87. The van der Waals surface area contributed by atoms with E-state index in [0.717, 1.165) is 35.0 Å². The molecule has 2 nitrogen and oxygen atoms in total. The minimum absolute atomic E-state index is 0.184. The fourth-order valence-electron chi connectivity index (χ4n) is 2.78. The Morgan fingerprint density at radius 2 is 2.06 bits per heavy atom. The van der Waals surface area contributed by atoms with Crippen molar-refractivity contribution in [3.8, 4) is 0 Å². The first kappa shape index (κ1) is 13.6. The molecular weight excluding hydrogens is 290 g/mol. The minimum Gasteiger partial charge on any atom is -0.336 e. The number of amides is 1. The van der Waals surface area contributed by atoms with Gasteiger partial charge >= 0.3 is 0 Å². The first-order valence-corrected chi connectivity index (χ1v) is 7.50. The van der Waals surface area contributed by atoms with Crippen LogP contribution in [0.5, 0.6) is 0 Å². The molecule has 0 radical (unpaired) electrons. The van der Waals surface area contributed by atoms with E-state index >= 15 is 0 Å². The zero-order valence-corrected chi connectivity index (χ0v) is 12.7. The molecular formula is C15H20BrNO. The van der Waals surface area contributed by atoms with Gasteiger partial charge in [0.15, 0.2) is 0 Å². The monoisotopic (exact) mass is 309 g/mol. The lowest BCUT2D eigenvalue weighted by atomic mass is 10.1. The average molecular weight is 310 g/mol. The van der Waals surface area contributed by atoms with E-state index in [1.807, 2.05) is 30.0 Å². The van der Waals surface area contributed by atoms with Gasteiger partial charge in [0.05, 0.1) is 0 Å². The van der Waals surface area contributed by atoms with Crippen LogP contribution in [-0.4, -0.2) is 23.4 Å². The van der Waals surface area contributed by atoms with Gasteiger partial charge in [0.1, 0.15) is 0 Å². The second-order valence-corrected chi connectivity index (χ2v) is 5.80. The lowest BCUT2D eigenvalue weighted by Crippen LogP contribution is -2.38. The predicted octanol–water partition coefficient (Wildman–Crippen LogP) is 4.16. The summed E-state index contributed by atoms with van der Waals surface area (Å²) in [7, 11) is 0. The van der Waals surface area contributed by atoms with Crippen LogP contribution in [0, 0.1) is 6.92 Å². The molecule has 0 aromatic heterocycles. The van der Waals surface area contributed by atoms with E-state index in [2.05, 4.69) is 22.9 Å². The largest absolute Gasteiger partial charge is 0.336 e. The molecule has 0 spiro atoms. The van der Waals surface area contributed by atoms with Crippen LogP contribution in [0.25, 0.3) is 0 Å². The van der Waals surface area contributed by atoms with Gasteiger partial charge in [-0.2, -0.15) is 0 Å². The number of hydrogen-bond acceptors (Lipinski definition) is 1. The van der Waals surface area contributed by atoms with E-state index in [9.17, 15) is 4.79 Å². The van der Waals surface area contributed by atoms with Crippen molar-refractivity contribution in [2.75, 3.05) is 6.54 Å². The average Bonchev–Trinajstić information content (AvgIpc) is 2.87. The summed E-state index contributed by atoms with van der Waals surface area (Å²) in [5.41, 5.74) is 1.87. The third kappa shape index (κ3) is 2.61. The molecule has 3 heteroatoms. The number of halogens is 1. The second-order valence-electron chi connectivity index (χ2n) is 4.94. The van der Waals surface area contributed by atoms with Gasteiger partial charge in [0.2, 0.25) is 0 Å². The quantitative estimate of drug-likeness (QED) is 0.821. The Kier molecular flexibility index (Phi) is 4.44. The second kappa shape index (κ2) is 5.87. The van der Waals surface area contributed by atoms with Gasteiger partial charge in [-0.25, -0.2) is 0 Å². The predicted molar refractivity (Wildman–Crippen MR) is 77.8 cm³/mol. The van der Waals surface area contributed by atoms with Crippen molar-refractivity contribution in [1.82, 2.24) is 4.90 Å². The maximum absolute atomic E-state index is 12.6. The molecule has 98 valence electrons. The van der Waals surface area contributed by atoms with Crippen LogP contribution in [-0.2, 0) is 0 Å². The Bertz CT molecular complexity index is 438. The third-order valence-corrected chi connectivity index (χ3v) is 4.72. The van der Waals surface area contributed by atoms with Crippen molar-refractivity contribution in [3.05, 3.63) is 33.8 Å². The van der Waals surface area contributed by atoms with Crippen LogP contribution in [0.4, 0.5) is 0 Å². The molecule has 1 aromatic rings. The summed E-state index contributed by atoms with van der Waals surface area (Å²) in [4.78, 5) is 14.7. The van der Waals surface area contributed by atoms with E-state index in [-0.39, 0.29) is 5.91 Å². The van der Waals surface area contributed by atoms with Crippen LogP contribution in [0.3, 0.4) is 0 Å². The highest BCUT2D eigenvalue weighted by molar-refractivity contribution is 9.10. The van der Waals surface area contributed by atoms with Crippen molar-refractivity contribution in [2.45, 2.75) is 45.6 Å². The highest BCUT2D eigenvalue weighted by Crippen LogP contribution is 2.27. The lowest BCUT2D eigenvalue weighted by molar-refractivity contribution is 0.0693. The van der Waals surface area contributed by atoms with Gasteiger partial charge in [-0.3, -0.25) is 4.79 Å². The molecule has 0 unspecified atom stereocenters. The molecule has 18 heavy (non-hydrogen) atoms. The Hall–Kier alpha value is -0.830. The Balaban J connectivity index is 2.25. The molecule has 0 bridgehead atoms. The highest BCUT2D eigenvalue weighted by atomic mass is 79.9. The summed E-state index contributed by atoms with van der Waals surface area (Å²) >= 11 is 3.50. The summed E-state index contributed by atoms with van der Waals surface area (Å²) < 4.78 is 1.01. The molecule has 2 rings (SSSR count). The standard InChI is InChI=1S/C15H20BrNO/c1-3-17(12-7-4-5-8-12)15(18)13-9-6-10-14(16)11(13)2/h6,9-10,12H,3-5,7-8H2,1-2H3. The van der Waals surface area contributed by atoms with Gasteiger partial charge in [0.25, 0.3) is 5.91 Å². The van der Waals surface area contributed by atoms with Gasteiger partial charge in [-0.1, -0.05) is 34.8 Å². The van der Waals surface area contributed by atoms with Crippen LogP contribution in [0.2, 0.25) is 0 Å². The molecule has 0 N–H and O–H groups in total. The number of rotatable bonds is 3. The smallest absolute Gasteiger partial charge is 0.254 e. The maximum atomic E-state index is 12.6. The highest BCUT2D eigenvalue weighted by Gasteiger charge is 2.26. The van der Waals surface area contributed by atoms with Crippen molar-refractivity contribution >= 4 is 21.8 Å². The maximum Gasteiger partial charge on any atom is 0.254 e. The summed E-state index contributed by atoms with van der Waals surface area (Å²) in [5, 5.41) is 0. The van der Waals surface area contributed by atoms with Gasteiger partial charge in [0, 0.05) is 22.6 Å². The molecule has 0 saturated heterocycles. The zero-order valence-electron chi connectivity index (χ0n) is 11.1. The molecule has 0 aliphatic heterocycles. The first-order chi connectivity index (χ1) is 8.65. The summed E-state index contributed by atoms with van der Waals surface area (Å²) in [5.74, 6) is 0.184. The molecule has 0 atom stereocenters. The molecule has 1 amide bonds. The molecule has 0 heterocycles. The molecule has 1 aliphatic rings. The van der Waals surface area contributed by atoms with E-state index < -0.39 is 0 Å². The topological polar surface area (TPSA) is 20.3 Å². The summed E-state index contributed by atoms with van der Waals surface area (Å²) in [6.07, 6.45) is 4.83. The number of nitrogens with zero attached hydrogens (tertiary/aromatic N) is 1. The molecule has 1 aromatic carbocycles. The number of carbonyl (C=O) groups excluding carboxylic acids is 1. The van der Waals surface area contributed by atoms with E-state index in [4.69, 9.17) is 0 Å². The molecule has 1 fully saturated rings. The van der Waals surface area contributed by atoms with Crippen molar-refractivity contribution in [2.24, 2.45) is 0 Å². The van der Waals surface area contributed by atoms with Crippen LogP contribution in [0.15, 0.2) is 22.7 Å². The minimum atomic E-state index is 0.184. The Labute approximate surface area is 117 Å². The van der Waals surface area contributed by atoms with Crippen molar-refractivity contribution < 1.29 is 4.79 Å². The lowest BCUT2D eigenvalue weighted by Gasteiger charge is -2.28. The van der Waals surface area contributed by atoms with Crippen LogP contribution < -0.4 is 0 Å². The van der Waals surface area contributed by atoms with Crippen LogP contribution >= 0.6 is 15.9 Å². The van der Waals surface area contributed by atoms with Gasteiger partial charge in [-0.05, 0) is 44.4 Å². The molecule has 1 saturated carbocycles. The fraction of sp³-hybridized carbons (Fsp3) is 0.533. The van der Waals surface area contributed by atoms with Crippen LogP contribution in [0.1, 0.15) is 48.5 Å². The SMILES string of the molecule is CCN(C(=O)c1cccc(Br)c1C)C1CCCC1. The van der Waals surface area contributed by atoms with Gasteiger partial charge in [-0.15, -0.1) is 0 Å². The summed E-state index contributed by atoms with van der Waals surface area (Å²) in [6.45, 7) is 4.87. The zero-order chi connectivity index (χ0) is 13.1. The normalized spacial score (nSPS) is 15.9. The number of benzene rings is 1. The van der Waals surface area contributed by atoms with Crippen molar-refractivity contribution in [3.63, 3.8) is 0 Å². The number of hydrogen-bond donors (Lipinski definition) is 0. The van der Waals surface area contributed by atoms with Crippen molar-refractivity contribution in [1.29, 1.82) is 0 Å². The fourth-order valence-corrected chi connectivity index (χ4v) is 3.14. The first-order valence-electron chi connectivity index (χ1n) is 6.71. The Morgan fingerprint density at radius 1 is 1.39 bits per heavy atom. The van der Waals surface area contributed by atoms with E-state index in [0.29, 0.717) is 6.04 Å². The Morgan fingerprint density at radius 3 is 2.67 bits per heavy atom. The molecule has 1 aliphatic carbocycles. The number of carbonyl (C=O) groups is 1. The van der Waals surface area contributed by atoms with E-state index in [1.165, 1.54) is 12.8 Å². The summed E-state index contributed by atoms with van der Waals surface area (Å²) in [6, 6.07) is 6.30. The van der Waals surface area contributed by atoms with E-state index in [1.54, 1.807) is 0 Å².